The van der Waals surface area contributed by atoms with Crippen molar-refractivity contribution in [2.75, 3.05) is 17.7 Å². The van der Waals surface area contributed by atoms with E-state index in [2.05, 4.69) is 20.6 Å². The zero-order valence-corrected chi connectivity index (χ0v) is 20.4. The van der Waals surface area contributed by atoms with Crippen LogP contribution in [0.15, 0.2) is 83.7 Å². The van der Waals surface area contributed by atoms with Gasteiger partial charge >= 0.3 is 5.97 Å². The minimum atomic E-state index is -0.587. The van der Waals surface area contributed by atoms with Crippen molar-refractivity contribution >= 4 is 34.3 Å². The van der Waals surface area contributed by atoms with Crippen molar-refractivity contribution in [2.45, 2.75) is 20.0 Å². The molecule has 1 aromatic carbocycles. The SMILES string of the molecule is COC(=O)c1c(NC(=O)c2cccnc2)c2cc(NCc3ccc(C)o3)cnc2n1Cc1ccccc1. The van der Waals surface area contributed by atoms with Crippen LogP contribution in [0.4, 0.5) is 11.4 Å². The fourth-order valence-electron chi connectivity index (χ4n) is 4.13. The molecule has 0 atom stereocenters. The van der Waals surface area contributed by atoms with Crippen LogP contribution in [0, 0.1) is 6.92 Å². The van der Waals surface area contributed by atoms with Crippen molar-refractivity contribution in [3.05, 3.63) is 108 Å². The van der Waals surface area contributed by atoms with Gasteiger partial charge in [-0.2, -0.15) is 0 Å². The van der Waals surface area contributed by atoms with Gasteiger partial charge in [0.25, 0.3) is 5.91 Å². The molecule has 0 bridgehead atoms. The van der Waals surface area contributed by atoms with E-state index in [4.69, 9.17) is 9.15 Å². The lowest BCUT2D eigenvalue weighted by Gasteiger charge is -2.11. The van der Waals surface area contributed by atoms with E-state index in [0.29, 0.717) is 41.1 Å². The number of anilines is 2. The molecule has 0 aliphatic rings. The molecule has 2 N–H and O–H groups in total. The molecule has 0 radical (unpaired) electrons. The second-order valence-corrected chi connectivity index (χ2v) is 8.44. The number of fused-ring (bicyclic) bond motifs is 1. The molecular weight excluding hydrogens is 470 g/mol. The van der Waals surface area contributed by atoms with Gasteiger partial charge in [0.2, 0.25) is 0 Å². The molecule has 4 heterocycles. The average Bonchev–Trinajstić information content (AvgIpc) is 3.48. The number of furan rings is 1. The van der Waals surface area contributed by atoms with E-state index in [-0.39, 0.29) is 5.69 Å². The summed E-state index contributed by atoms with van der Waals surface area (Å²) in [6, 6.07) is 18.7. The molecule has 186 valence electrons. The van der Waals surface area contributed by atoms with E-state index in [0.717, 1.165) is 17.1 Å². The highest BCUT2D eigenvalue weighted by Gasteiger charge is 2.26. The number of hydrogen-bond donors (Lipinski definition) is 2. The maximum atomic E-state index is 13.1. The van der Waals surface area contributed by atoms with E-state index < -0.39 is 11.9 Å². The fraction of sp³-hybridized carbons (Fsp3) is 0.143. The maximum absolute atomic E-state index is 13.1. The number of methoxy groups -OCH3 is 1. The second-order valence-electron chi connectivity index (χ2n) is 8.44. The van der Waals surface area contributed by atoms with Gasteiger partial charge in [-0.15, -0.1) is 0 Å². The summed E-state index contributed by atoms with van der Waals surface area (Å²) in [6.07, 6.45) is 4.74. The van der Waals surface area contributed by atoms with Crippen molar-refractivity contribution < 1.29 is 18.7 Å². The van der Waals surface area contributed by atoms with Crippen molar-refractivity contribution in [1.29, 1.82) is 0 Å². The van der Waals surface area contributed by atoms with E-state index in [1.807, 2.05) is 55.5 Å². The number of amides is 1. The zero-order valence-electron chi connectivity index (χ0n) is 20.4. The molecule has 5 aromatic rings. The molecule has 0 saturated heterocycles. The number of pyridine rings is 2. The molecule has 0 aliphatic heterocycles. The molecule has 0 unspecified atom stereocenters. The zero-order chi connectivity index (χ0) is 25.8. The third-order valence-corrected chi connectivity index (χ3v) is 5.89. The van der Waals surface area contributed by atoms with Gasteiger partial charge in [0.05, 0.1) is 36.8 Å². The maximum Gasteiger partial charge on any atom is 0.356 e. The van der Waals surface area contributed by atoms with Crippen LogP contribution in [0.3, 0.4) is 0 Å². The summed E-state index contributed by atoms with van der Waals surface area (Å²) < 4.78 is 12.5. The van der Waals surface area contributed by atoms with Crippen LogP contribution in [0.25, 0.3) is 11.0 Å². The van der Waals surface area contributed by atoms with Gasteiger partial charge < -0.3 is 24.4 Å². The third kappa shape index (κ3) is 5.06. The van der Waals surface area contributed by atoms with Crippen LogP contribution in [-0.4, -0.2) is 33.5 Å². The number of nitrogens with zero attached hydrogens (tertiary/aromatic N) is 3. The fourth-order valence-corrected chi connectivity index (χ4v) is 4.13. The van der Waals surface area contributed by atoms with Crippen LogP contribution in [0.1, 0.15) is 37.9 Å². The molecule has 4 aromatic heterocycles. The summed E-state index contributed by atoms with van der Waals surface area (Å²) in [5, 5.41) is 6.80. The van der Waals surface area contributed by atoms with Gasteiger partial charge in [-0.3, -0.25) is 9.78 Å². The number of carbonyl (C=O) groups is 2. The number of hydrogen-bond acceptors (Lipinski definition) is 7. The molecule has 1 amide bonds. The Hall–Kier alpha value is -4.92. The standard InChI is InChI=1S/C28H25N5O4/c1-18-10-11-22(37-18)16-30-21-13-23-24(32-27(34)20-9-6-12-29-14-20)25(28(35)36-2)33(26(23)31-15-21)17-19-7-4-3-5-8-19/h3-15,30H,16-17H2,1-2H3,(H,32,34). The predicted molar refractivity (Wildman–Crippen MR) is 140 cm³/mol. The number of ether oxygens (including phenoxy) is 1. The minimum absolute atomic E-state index is 0.199. The first-order chi connectivity index (χ1) is 18.0. The van der Waals surface area contributed by atoms with Crippen LogP contribution in [-0.2, 0) is 17.8 Å². The van der Waals surface area contributed by atoms with Crippen LogP contribution >= 0.6 is 0 Å². The van der Waals surface area contributed by atoms with Gasteiger partial charge in [0.15, 0.2) is 5.69 Å². The summed E-state index contributed by atoms with van der Waals surface area (Å²) >= 11 is 0. The van der Waals surface area contributed by atoms with Crippen LogP contribution in [0.2, 0.25) is 0 Å². The highest BCUT2D eigenvalue weighted by Crippen LogP contribution is 2.34. The Morgan fingerprint density at radius 3 is 2.59 bits per heavy atom. The average molecular weight is 496 g/mol. The third-order valence-electron chi connectivity index (χ3n) is 5.89. The number of aryl methyl sites for hydroxylation is 1. The Balaban J connectivity index is 1.61. The van der Waals surface area contributed by atoms with Gasteiger partial charge in [-0.1, -0.05) is 30.3 Å². The quantitative estimate of drug-likeness (QED) is 0.290. The molecule has 5 rings (SSSR count). The van der Waals surface area contributed by atoms with E-state index in [1.54, 1.807) is 29.1 Å². The molecule has 0 fully saturated rings. The van der Waals surface area contributed by atoms with E-state index in [9.17, 15) is 9.59 Å². The first-order valence-corrected chi connectivity index (χ1v) is 11.7. The lowest BCUT2D eigenvalue weighted by Crippen LogP contribution is -2.17. The summed E-state index contributed by atoms with van der Waals surface area (Å²) in [4.78, 5) is 34.9. The predicted octanol–water partition coefficient (Wildman–Crippen LogP) is 5.03. The lowest BCUT2D eigenvalue weighted by molar-refractivity contribution is 0.0591. The highest BCUT2D eigenvalue weighted by molar-refractivity contribution is 6.14. The lowest BCUT2D eigenvalue weighted by atomic mass is 10.2. The first-order valence-electron chi connectivity index (χ1n) is 11.7. The van der Waals surface area contributed by atoms with Gasteiger partial charge in [-0.25, -0.2) is 9.78 Å². The molecule has 0 spiro atoms. The number of rotatable bonds is 8. The Morgan fingerprint density at radius 2 is 1.89 bits per heavy atom. The molecule has 0 saturated carbocycles. The molecule has 9 heteroatoms. The minimum Gasteiger partial charge on any atom is -0.465 e. The normalized spacial score (nSPS) is 10.9. The largest absolute Gasteiger partial charge is 0.465 e. The molecule has 9 nitrogen and oxygen atoms in total. The van der Waals surface area contributed by atoms with Crippen LogP contribution < -0.4 is 10.6 Å². The Bertz CT molecular complexity index is 1560. The van der Waals surface area contributed by atoms with Gasteiger partial charge in [0.1, 0.15) is 17.2 Å². The second kappa shape index (κ2) is 10.4. The topological polar surface area (TPSA) is 111 Å². The number of esters is 1. The Labute approximate surface area is 213 Å². The van der Waals surface area contributed by atoms with Crippen LogP contribution in [0.5, 0.6) is 0 Å². The number of benzene rings is 1. The van der Waals surface area contributed by atoms with Crippen molar-refractivity contribution in [3.63, 3.8) is 0 Å². The summed E-state index contributed by atoms with van der Waals surface area (Å²) in [7, 11) is 1.31. The molecular formula is C28H25N5O4. The molecule has 37 heavy (non-hydrogen) atoms. The van der Waals surface area contributed by atoms with Crippen molar-refractivity contribution in [2.24, 2.45) is 0 Å². The van der Waals surface area contributed by atoms with Gasteiger partial charge in [0, 0.05) is 24.3 Å². The molecule has 0 aliphatic carbocycles. The highest BCUT2D eigenvalue weighted by atomic mass is 16.5. The number of nitrogens with one attached hydrogen (secondary N) is 2. The summed E-state index contributed by atoms with van der Waals surface area (Å²) in [6.45, 7) is 2.70. The Kier molecular flexibility index (Phi) is 6.67. The monoisotopic (exact) mass is 495 g/mol. The first kappa shape index (κ1) is 23.8. The smallest absolute Gasteiger partial charge is 0.356 e. The summed E-state index contributed by atoms with van der Waals surface area (Å²) in [5.74, 6) is 0.614. The number of carbonyl (C=O) groups excluding carboxylic acids is 2. The van der Waals surface area contributed by atoms with Crippen molar-refractivity contribution in [1.82, 2.24) is 14.5 Å². The van der Waals surface area contributed by atoms with Crippen molar-refractivity contribution in [3.8, 4) is 0 Å². The van der Waals surface area contributed by atoms with Gasteiger partial charge in [-0.05, 0) is 42.8 Å². The Morgan fingerprint density at radius 1 is 1.05 bits per heavy atom. The number of aromatic nitrogens is 3. The van der Waals surface area contributed by atoms with E-state index >= 15 is 0 Å². The summed E-state index contributed by atoms with van der Waals surface area (Å²) in [5.41, 5.74) is 3.07. The van der Waals surface area contributed by atoms with E-state index in [1.165, 1.54) is 13.3 Å².